The molecule has 0 spiro atoms. The van der Waals surface area contributed by atoms with E-state index in [-0.39, 0.29) is 6.54 Å². The fraction of sp³-hybridized carbons (Fsp3) is 0.231. The average Bonchev–Trinajstić information content (AvgIpc) is 2.43. The molecule has 21 heavy (non-hydrogen) atoms. The molecule has 0 unspecified atom stereocenters. The minimum atomic E-state index is -0.680. The summed E-state index contributed by atoms with van der Waals surface area (Å²) in [5.41, 5.74) is -0.259. The van der Waals surface area contributed by atoms with Crippen molar-refractivity contribution < 1.29 is 4.92 Å². The quantitative estimate of drug-likeness (QED) is 0.659. The highest BCUT2D eigenvalue weighted by Crippen LogP contribution is 2.15. The zero-order valence-electron chi connectivity index (χ0n) is 11.2. The monoisotopic (exact) mass is 352 g/mol. The number of nitrogens with zero attached hydrogens (tertiary/aromatic N) is 3. The van der Waals surface area contributed by atoms with Gasteiger partial charge >= 0.3 is 11.2 Å². The lowest BCUT2D eigenvalue weighted by molar-refractivity contribution is -0.386. The molecule has 2 aromatic heterocycles. The molecule has 1 N–H and O–H groups in total. The van der Waals surface area contributed by atoms with Crippen molar-refractivity contribution in [1.29, 1.82) is 0 Å². The molecule has 0 atom stereocenters. The largest absolute Gasteiger partial charge is 0.370 e. The van der Waals surface area contributed by atoms with Crippen LogP contribution in [0.25, 0.3) is 0 Å². The molecule has 0 aromatic carbocycles. The van der Waals surface area contributed by atoms with Gasteiger partial charge in [0.15, 0.2) is 0 Å². The first-order chi connectivity index (χ1) is 10.0. The van der Waals surface area contributed by atoms with Crippen LogP contribution in [-0.4, -0.2) is 21.0 Å². The zero-order valence-corrected chi connectivity index (χ0v) is 12.8. The molecule has 0 aliphatic rings. The maximum Gasteiger partial charge on any atom is 0.335 e. The molecule has 0 aliphatic carbocycles. The number of aromatic nitrogens is 2. The van der Waals surface area contributed by atoms with Gasteiger partial charge in [-0.25, -0.2) is 4.98 Å². The van der Waals surface area contributed by atoms with E-state index in [2.05, 4.69) is 26.2 Å². The Balaban J connectivity index is 2.38. The van der Waals surface area contributed by atoms with E-state index in [1.807, 2.05) is 13.0 Å². The van der Waals surface area contributed by atoms with Crippen LogP contribution in [0.15, 0.2) is 39.9 Å². The molecule has 0 amide bonds. The van der Waals surface area contributed by atoms with E-state index < -0.39 is 16.2 Å². The molecule has 8 heteroatoms. The Morgan fingerprint density at radius 3 is 2.90 bits per heavy atom. The van der Waals surface area contributed by atoms with Crippen LogP contribution in [0.1, 0.15) is 12.5 Å². The zero-order chi connectivity index (χ0) is 15.4. The van der Waals surface area contributed by atoms with Crippen molar-refractivity contribution in [1.82, 2.24) is 9.55 Å². The molecule has 0 radical (unpaired) electrons. The average molecular weight is 353 g/mol. The number of pyridine rings is 2. The highest BCUT2D eigenvalue weighted by atomic mass is 79.9. The molecule has 0 saturated carbocycles. The molecule has 0 fully saturated rings. The number of anilines is 1. The third-order valence-corrected chi connectivity index (χ3v) is 3.20. The van der Waals surface area contributed by atoms with E-state index in [0.29, 0.717) is 10.3 Å². The van der Waals surface area contributed by atoms with Gasteiger partial charge in [-0.1, -0.05) is 0 Å². The number of halogens is 1. The summed E-state index contributed by atoms with van der Waals surface area (Å²) in [7, 11) is 0. The summed E-state index contributed by atoms with van der Waals surface area (Å²) >= 11 is 3.18. The van der Waals surface area contributed by atoms with Crippen LogP contribution in [0.5, 0.6) is 0 Å². The Hall–Kier alpha value is -2.22. The summed E-state index contributed by atoms with van der Waals surface area (Å²) in [6.45, 7) is 2.93. The minimum Gasteiger partial charge on any atom is -0.370 e. The van der Waals surface area contributed by atoms with Crippen molar-refractivity contribution in [3.8, 4) is 0 Å². The van der Waals surface area contributed by atoms with Crippen LogP contribution >= 0.6 is 15.9 Å². The maximum atomic E-state index is 12.0. The summed E-state index contributed by atoms with van der Waals surface area (Å²) < 4.78 is 1.78. The van der Waals surface area contributed by atoms with Crippen LogP contribution in [0.2, 0.25) is 0 Å². The van der Waals surface area contributed by atoms with Gasteiger partial charge in [-0.05, 0) is 40.5 Å². The van der Waals surface area contributed by atoms with Crippen molar-refractivity contribution in [3.05, 3.63) is 61.1 Å². The fourth-order valence-electron chi connectivity index (χ4n) is 1.88. The second-order valence-corrected chi connectivity index (χ2v) is 5.23. The van der Waals surface area contributed by atoms with Gasteiger partial charge < -0.3 is 9.88 Å². The summed E-state index contributed by atoms with van der Waals surface area (Å²) in [5, 5.41) is 13.9. The molecule has 0 aliphatic heterocycles. The first-order valence-corrected chi connectivity index (χ1v) is 7.03. The normalized spacial score (nSPS) is 10.4. The predicted molar refractivity (Wildman–Crippen MR) is 82.6 cm³/mol. The third kappa shape index (κ3) is 3.66. The molecule has 2 aromatic rings. The summed E-state index contributed by atoms with van der Waals surface area (Å²) in [4.78, 5) is 26.4. The molecule has 110 valence electrons. The fourth-order valence-corrected chi connectivity index (χ4v) is 2.34. The van der Waals surface area contributed by atoms with Gasteiger partial charge in [0.25, 0.3) is 0 Å². The Morgan fingerprint density at radius 1 is 1.48 bits per heavy atom. The van der Waals surface area contributed by atoms with Crippen molar-refractivity contribution in [2.24, 2.45) is 0 Å². The van der Waals surface area contributed by atoms with E-state index >= 15 is 0 Å². The highest BCUT2D eigenvalue weighted by Gasteiger charge is 2.16. The van der Waals surface area contributed by atoms with Crippen LogP contribution in [0.4, 0.5) is 11.5 Å². The third-order valence-electron chi connectivity index (χ3n) is 2.77. The van der Waals surface area contributed by atoms with Crippen LogP contribution in [0.3, 0.4) is 0 Å². The Labute approximate surface area is 128 Å². The number of hydrogen-bond donors (Lipinski definition) is 1. The summed E-state index contributed by atoms with van der Waals surface area (Å²) in [6.07, 6.45) is 3.16. The van der Waals surface area contributed by atoms with Crippen LogP contribution < -0.4 is 10.9 Å². The van der Waals surface area contributed by atoms with E-state index in [1.54, 1.807) is 12.3 Å². The molecular formula is C13H13BrN4O3. The van der Waals surface area contributed by atoms with Crippen molar-refractivity contribution >= 4 is 27.4 Å². The van der Waals surface area contributed by atoms with Gasteiger partial charge in [0.1, 0.15) is 5.82 Å². The van der Waals surface area contributed by atoms with E-state index in [0.717, 1.165) is 12.1 Å². The summed E-state index contributed by atoms with van der Waals surface area (Å²) in [5.74, 6) is 0.701. The molecule has 2 rings (SSSR count). The van der Waals surface area contributed by atoms with Crippen molar-refractivity contribution in [3.63, 3.8) is 0 Å². The number of rotatable bonds is 5. The van der Waals surface area contributed by atoms with Gasteiger partial charge in [0.05, 0.1) is 11.5 Å². The van der Waals surface area contributed by atoms with Gasteiger partial charge in [-0.3, -0.25) is 14.9 Å². The first kappa shape index (κ1) is 15.2. The van der Waals surface area contributed by atoms with E-state index in [4.69, 9.17) is 0 Å². The SMILES string of the molecule is CCNc1cc(Cn2cc(Br)cc([N+](=O)[O-])c2=O)ccn1. The number of nitrogens with one attached hydrogen (secondary N) is 1. The lowest BCUT2D eigenvalue weighted by Gasteiger charge is -2.08. The molecule has 7 nitrogen and oxygen atoms in total. The van der Waals surface area contributed by atoms with Gasteiger partial charge in [-0.15, -0.1) is 0 Å². The second-order valence-electron chi connectivity index (χ2n) is 4.31. The van der Waals surface area contributed by atoms with E-state index in [9.17, 15) is 14.9 Å². The highest BCUT2D eigenvalue weighted by molar-refractivity contribution is 9.10. The smallest absolute Gasteiger partial charge is 0.335 e. The lowest BCUT2D eigenvalue weighted by atomic mass is 10.2. The predicted octanol–water partition coefficient (Wildman–Crippen LogP) is 2.39. The van der Waals surface area contributed by atoms with Crippen LogP contribution in [0, 0.1) is 10.1 Å². The van der Waals surface area contributed by atoms with Crippen molar-refractivity contribution in [2.75, 3.05) is 11.9 Å². The minimum absolute atomic E-state index is 0.236. The van der Waals surface area contributed by atoms with Crippen molar-refractivity contribution in [2.45, 2.75) is 13.5 Å². The Morgan fingerprint density at radius 2 is 2.24 bits per heavy atom. The molecule has 0 saturated heterocycles. The van der Waals surface area contributed by atoms with Gasteiger partial charge in [0.2, 0.25) is 0 Å². The lowest BCUT2D eigenvalue weighted by Crippen LogP contribution is -2.22. The van der Waals surface area contributed by atoms with Gasteiger partial charge in [-0.2, -0.15) is 0 Å². The Kier molecular flexibility index (Phi) is 4.69. The van der Waals surface area contributed by atoms with E-state index in [1.165, 1.54) is 16.8 Å². The Bertz CT molecular complexity index is 730. The topological polar surface area (TPSA) is 90.1 Å². The first-order valence-electron chi connectivity index (χ1n) is 6.24. The second kappa shape index (κ2) is 6.49. The number of nitro groups is 1. The summed E-state index contributed by atoms with van der Waals surface area (Å²) in [6, 6.07) is 4.78. The number of hydrogen-bond acceptors (Lipinski definition) is 5. The molecular weight excluding hydrogens is 340 g/mol. The molecule has 2 heterocycles. The standard InChI is InChI=1S/C13H13BrN4O3/c1-2-15-12-5-9(3-4-16-12)7-17-8-10(14)6-11(13(17)19)18(20)21/h3-6,8H,2,7H2,1H3,(H,15,16). The maximum absolute atomic E-state index is 12.0. The molecule has 0 bridgehead atoms. The van der Waals surface area contributed by atoms with Crippen LogP contribution in [-0.2, 0) is 6.54 Å². The van der Waals surface area contributed by atoms with Gasteiger partial charge in [0, 0.05) is 29.5 Å².